The summed E-state index contributed by atoms with van der Waals surface area (Å²) < 4.78 is 19.8. The van der Waals surface area contributed by atoms with Crippen molar-refractivity contribution in [3.8, 4) is 0 Å². The number of carbonyl (C=O) groups is 2. The van der Waals surface area contributed by atoms with E-state index in [1.165, 1.54) is 6.08 Å². The third-order valence-corrected chi connectivity index (χ3v) is 1.82. The molecule has 0 saturated carbocycles. The van der Waals surface area contributed by atoms with Crippen LogP contribution in [0.5, 0.6) is 0 Å². The molecule has 0 bridgehead atoms. The van der Waals surface area contributed by atoms with E-state index in [9.17, 15) is 9.59 Å². The Balaban J connectivity index is 3.11. The minimum absolute atomic E-state index is 0.171. The number of ether oxygens (including phenoxy) is 4. The van der Waals surface area contributed by atoms with Gasteiger partial charge in [0.2, 0.25) is 0 Å². The quantitative estimate of drug-likeness (QED) is 0.364. The predicted molar refractivity (Wildman–Crippen MR) is 69.6 cm³/mol. The van der Waals surface area contributed by atoms with E-state index in [0.29, 0.717) is 33.0 Å². The van der Waals surface area contributed by atoms with Crippen molar-refractivity contribution in [2.45, 2.75) is 0 Å². The molecule has 0 aromatic carbocycles. The fourth-order valence-electron chi connectivity index (χ4n) is 1.01. The Morgan fingerprint density at radius 3 is 2.25 bits per heavy atom. The van der Waals surface area contributed by atoms with Crippen molar-refractivity contribution in [1.82, 2.24) is 5.32 Å². The second kappa shape index (κ2) is 13.8. The molecule has 0 heterocycles. The van der Waals surface area contributed by atoms with Crippen LogP contribution in [0.15, 0.2) is 12.7 Å². The second-order valence-corrected chi connectivity index (χ2v) is 3.48. The molecule has 0 radical (unpaired) electrons. The summed E-state index contributed by atoms with van der Waals surface area (Å²) in [6.45, 7) is 5.24. The molecule has 0 aliphatic carbocycles. The zero-order chi connectivity index (χ0) is 15.1. The van der Waals surface area contributed by atoms with E-state index in [-0.39, 0.29) is 19.8 Å². The van der Waals surface area contributed by atoms with Crippen molar-refractivity contribution in [3.63, 3.8) is 0 Å². The van der Waals surface area contributed by atoms with E-state index in [4.69, 9.17) is 19.3 Å². The van der Waals surface area contributed by atoms with Gasteiger partial charge in [-0.15, -0.1) is 0 Å². The van der Waals surface area contributed by atoms with Crippen molar-refractivity contribution in [2.24, 2.45) is 0 Å². The Kier molecular flexibility index (Phi) is 12.7. The highest BCUT2D eigenvalue weighted by molar-refractivity contribution is 5.68. The van der Waals surface area contributed by atoms with Crippen molar-refractivity contribution >= 4 is 12.1 Å². The first-order valence-corrected chi connectivity index (χ1v) is 6.13. The number of hydrogen-bond donors (Lipinski definition) is 2. The second-order valence-electron chi connectivity index (χ2n) is 3.48. The zero-order valence-corrected chi connectivity index (χ0v) is 11.3. The first-order valence-electron chi connectivity index (χ1n) is 6.13. The molecule has 0 aliphatic heterocycles. The molecule has 1 amide bonds. The van der Waals surface area contributed by atoms with E-state index in [1.54, 1.807) is 0 Å². The predicted octanol–water partition coefficient (Wildman–Crippen LogP) is 0.0330. The number of alkyl carbamates (subject to hydrolysis) is 1. The molecule has 0 saturated heterocycles. The van der Waals surface area contributed by atoms with Gasteiger partial charge in [0.05, 0.1) is 33.0 Å². The molecule has 0 rings (SSSR count). The van der Waals surface area contributed by atoms with Crippen molar-refractivity contribution < 1.29 is 33.6 Å². The number of rotatable bonds is 13. The Morgan fingerprint density at radius 2 is 1.65 bits per heavy atom. The lowest BCUT2D eigenvalue weighted by molar-refractivity contribution is -0.142. The molecule has 0 unspecified atom stereocenters. The topological polar surface area (TPSA) is 103 Å². The van der Waals surface area contributed by atoms with Crippen LogP contribution >= 0.6 is 0 Å². The van der Waals surface area contributed by atoms with Gasteiger partial charge in [-0.25, -0.2) is 9.59 Å². The van der Waals surface area contributed by atoms with Gasteiger partial charge in [-0.3, -0.25) is 0 Å². The molecule has 0 spiro atoms. The van der Waals surface area contributed by atoms with Gasteiger partial charge in [0.15, 0.2) is 0 Å². The van der Waals surface area contributed by atoms with Gasteiger partial charge in [-0.05, 0) is 0 Å². The van der Waals surface area contributed by atoms with Gasteiger partial charge in [0, 0.05) is 6.54 Å². The highest BCUT2D eigenvalue weighted by Crippen LogP contribution is 1.82. The van der Waals surface area contributed by atoms with E-state index < -0.39 is 12.1 Å². The van der Waals surface area contributed by atoms with Crippen LogP contribution in [0.2, 0.25) is 0 Å². The number of amides is 1. The summed E-state index contributed by atoms with van der Waals surface area (Å²) in [5.41, 5.74) is 0. The maximum atomic E-state index is 11.0. The Hall–Kier alpha value is -1.64. The van der Waals surface area contributed by atoms with Crippen LogP contribution < -0.4 is 5.32 Å². The van der Waals surface area contributed by atoms with Gasteiger partial charge in [0.25, 0.3) is 0 Å². The zero-order valence-electron chi connectivity index (χ0n) is 11.3. The highest BCUT2D eigenvalue weighted by atomic mass is 16.6. The number of carbonyl (C=O) groups excluding carboxylic acids is 1. The summed E-state index contributed by atoms with van der Waals surface area (Å²) in [6.07, 6.45) is 0.966. The van der Waals surface area contributed by atoms with Crippen LogP contribution in [0, 0.1) is 0 Å². The van der Waals surface area contributed by atoms with Gasteiger partial charge >= 0.3 is 12.1 Å². The molecule has 0 atom stereocenters. The van der Waals surface area contributed by atoms with Gasteiger partial charge in [-0.2, -0.15) is 0 Å². The largest absolute Gasteiger partial charge is 0.480 e. The molecule has 20 heavy (non-hydrogen) atoms. The fourth-order valence-corrected chi connectivity index (χ4v) is 1.01. The van der Waals surface area contributed by atoms with Crippen molar-refractivity contribution in [3.05, 3.63) is 12.7 Å². The average Bonchev–Trinajstić information content (AvgIpc) is 2.42. The standard InChI is InChI=1S/C12H21NO7/c1-2-4-20-12(16)13-3-5-17-6-7-18-8-9-19-10-11(14)15/h2H,1,3-10H2,(H,13,16)(H,14,15). The van der Waals surface area contributed by atoms with Crippen LogP contribution in [-0.4, -0.2) is 70.0 Å². The summed E-state index contributed by atoms with van der Waals surface area (Å²) >= 11 is 0. The first-order chi connectivity index (χ1) is 9.66. The number of carboxylic acid groups (broad SMARTS) is 1. The summed E-state index contributed by atoms with van der Waals surface area (Å²) in [5.74, 6) is -1.01. The summed E-state index contributed by atoms with van der Waals surface area (Å²) in [7, 11) is 0. The number of nitrogens with one attached hydrogen (secondary N) is 1. The lowest BCUT2D eigenvalue weighted by Gasteiger charge is -2.07. The maximum Gasteiger partial charge on any atom is 0.407 e. The van der Waals surface area contributed by atoms with Crippen LogP contribution in [0.3, 0.4) is 0 Å². The Labute approximate surface area is 117 Å². The SMILES string of the molecule is C=CCOC(=O)NCCOCCOCCOCC(=O)O. The Morgan fingerprint density at radius 1 is 1.05 bits per heavy atom. The Bertz CT molecular complexity index is 283. The summed E-state index contributed by atoms with van der Waals surface area (Å²) in [5, 5.41) is 10.8. The maximum absolute atomic E-state index is 11.0. The number of hydrogen-bond acceptors (Lipinski definition) is 6. The fraction of sp³-hybridized carbons (Fsp3) is 0.667. The van der Waals surface area contributed by atoms with Crippen molar-refractivity contribution in [2.75, 3.05) is 52.8 Å². The molecule has 8 nitrogen and oxygen atoms in total. The van der Waals surface area contributed by atoms with E-state index in [0.717, 1.165) is 0 Å². The normalized spacial score (nSPS) is 10.0. The van der Waals surface area contributed by atoms with Crippen molar-refractivity contribution in [1.29, 1.82) is 0 Å². The van der Waals surface area contributed by atoms with Gasteiger partial charge in [0.1, 0.15) is 13.2 Å². The third kappa shape index (κ3) is 14.4. The summed E-state index contributed by atoms with van der Waals surface area (Å²) in [4.78, 5) is 21.1. The smallest absolute Gasteiger partial charge is 0.407 e. The third-order valence-electron chi connectivity index (χ3n) is 1.82. The molecular formula is C12H21NO7. The number of carboxylic acids is 1. The minimum atomic E-state index is -1.01. The van der Waals surface area contributed by atoms with E-state index in [1.807, 2.05) is 0 Å². The van der Waals surface area contributed by atoms with Gasteiger partial charge in [-0.1, -0.05) is 12.7 Å². The molecule has 0 aromatic heterocycles. The van der Waals surface area contributed by atoms with E-state index >= 15 is 0 Å². The highest BCUT2D eigenvalue weighted by Gasteiger charge is 1.99. The monoisotopic (exact) mass is 291 g/mol. The average molecular weight is 291 g/mol. The molecule has 0 fully saturated rings. The van der Waals surface area contributed by atoms with Crippen LogP contribution in [0.25, 0.3) is 0 Å². The lowest BCUT2D eigenvalue weighted by atomic mass is 10.6. The molecule has 0 aliphatic rings. The molecule has 116 valence electrons. The molecule has 8 heteroatoms. The minimum Gasteiger partial charge on any atom is -0.480 e. The number of aliphatic carboxylic acids is 1. The summed E-state index contributed by atoms with van der Waals surface area (Å²) in [6, 6.07) is 0. The van der Waals surface area contributed by atoms with Crippen LogP contribution in [-0.2, 0) is 23.7 Å². The van der Waals surface area contributed by atoms with E-state index in [2.05, 4.69) is 16.6 Å². The lowest BCUT2D eigenvalue weighted by Crippen LogP contribution is -2.28. The van der Waals surface area contributed by atoms with Crippen LogP contribution in [0.4, 0.5) is 4.79 Å². The molecular weight excluding hydrogens is 270 g/mol. The molecule has 2 N–H and O–H groups in total. The van der Waals surface area contributed by atoms with Crippen LogP contribution in [0.1, 0.15) is 0 Å². The van der Waals surface area contributed by atoms with Gasteiger partial charge < -0.3 is 29.4 Å². The first kappa shape index (κ1) is 18.4. The molecule has 0 aromatic rings.